The van der Waals surface area contributed by atoms with E-state index in [2.05, 4.69) is 4.98 Å². The highest BCUT2D eigenvalue weighted by Gasteiger charge is 2.14. The fraction of sp³-hybridized carbons (Fsp3) is 0.154. The molecule has 0 fully saturated rings. The van der Waals surface area contributed by atoms with Crippen LogP contribution in [0.1, 0.15) is 0 Å². The summed E-state index contributed by atoms with van der Waals surface area (Å²) in [5.74, 6) is 0.128. The van der Waals surface area contributed by atoms with Crippen molar-refractivity contribution in [3.8, 4) is 17.0 Å². The van der Waals surface area contributed by atoms with Gasteiger partial charge in [-0.1, -0.05) is 23.2 Å². The Labute approximate surface area is 130 Å². The summed E-state index contributed by atoms with van der Waals surface area (Å²) < 4.78 is 19.1. The van der Waals surface area contributed by atoms with E-state index in [1.54, 1.807) is 0 Å². The van der Waals surface area contributed by atoms with Gasteiger partial charge in [0.15, 0.2) is 11.6 Å². The normalized spacial score (nSPS) is 10.6. The number of anilines is 1. The van der Waals surface area contributed by atoms with Crippen LogP contribution >= 0.6 is 34.8 Å². The van der Waals surface area contributed by atoms with Crippen LogP contribution in [-0.2, 0) is 0 Å². The van der Waals surface area contributed by atoms with E-state index in [1.165, 1.54) is 24.3 Å². The Morgan fingerprint density at radius 3 is 2.65 bits per heavy atom. The first kappa shape index (κ1) is 15.2. The second kappa shape index (κ2) is 6.48. The zero-order valence-electron chi connectivity index (χ0n) is 10.2. The number of ether oxygens (including phenoxy) is 1. The van der Waals surface area contributed by atoms with E-state index in [9.17, 15) is 4.39 Å². The van der Waals surface area contributed by atoms with Crippen LogP contribution in [0.4, 0.5) is 10.2 Å². The Balaban J connectivity index is 2.46. The van der Waals surface area contributed by atoms with Crippen LogP contribution in [0.15, 0.2) is 24.3 Å². The van der Waals surface area contributed by atoms with E-state index in [1.807, 2.05) is 0 Å². The zero-order chi connectivity index (χ0) is 14.7. The predicted octanol–water partition coefficient (Wildman–Crippen LogP) is 4.39. The molecule has 1 heterocycles. The minimum atomic E-state index is -0.466. The fourth-order valence-electron chi connectivity index (χ4n) is 1.64. The molecule has 2 aromatic rings. The number of benzene rings is 1. The number of nitrogens with zero attached hydrogens (tertiary/aromatic N) is 1. The molecule has 0 bridgehead atoms. The van der Waals surface area contributed by atoms with Crippen molar-refractivity contribution in [2.24, 2.45) is 0 Å². The van der Waals surface area contributed by atoms with Crippen molar-refractivity contribution < 1.29 is 9.13 Å². The van der Waals surface area contributed by atoms with Gasteiger partial charge in [0, 0.05) is 10.6 Å². The molecule has 7 heteroatoms. The van der Waals surface area contributed by atoms with Crippen molar-refractivity contribution in [3.05, 3.63) is 40.1 Å². The number of alkyl halides is 1. The van der Waals surface area contributed by atoms with Gasteiger partial charge < -0.3 is 10.5 Å². The molecule has 0 amide bonds. The van der Waals surface area contributed by atoms with E-state index < -0.39 is 5.82 Å². The molecule has 106 valence electrons. The Hall–Kier alpha value is -1.23. The van der Waals surface area contributed by atoms with E-state index >= 15 is 0 Å². The highest BCUT2D eigenvalue weighted by atomic mass is 35.5. The molecule has 0 spiro atoms. The topological polar surface area (TPSA) is 48.1 Å². The summed E-state index contributed by atoms with van der Waals surface area (Å²) in [6, 6.07) is 5.62. The van der Waals surface area contributed by atoms with E-state index in [-0.39, 0.29) is 34.5 Å². The summed E-state index contributed by atoms with van der Waals surface area (Å²) in [4.78, 5) is 4.09. The summed E-state index contributed by atoms with van der Waals surface area (Å²) in [5, 5.41) is 0.623. The van der Waals surface area contributed by atoms with Gasteiger partial charge in [-0.2, -0.15) is 0 Å². The van der Waals surface area contributed by atoms with E-state index in [0.29, 0.717) is 10.9 Å². The Morgan fingerprint density at radius 2 is 2.00 bits per heavy atom. The molecule has 20 heavy (non-hydrogen) atoms. The molecule has 0 saturated carbocycles. The van der Waals surface area contributed by atoms with Crippen LogP contribution in [0.5, 0.6) is 5.75 Å². The number of hydrogen-bond acceptors (Lipinski definition) is 3. The first-order valence-corrected chi connectivity index (χ1v) is 6.92. The first-order valence-electron chi connectivity index (χ1n) is 5.63. The lowest BCUT2D eigenvalue weighted by molar-refractivity contribution is 0.344. The quantitative estimate of drug-likeness (QED) is 0.843. The zero-order valence-corrected chi connectivity index (χ0v) is 12.4. The lowest BCUT2D eigenvalue weighted by atomic mass is 10.1. The van der Waals surface area contributed by atoms with Crippen LogP contribution in [0.2, 0.25) is 10.0 Å². The molecule has 3 nitrogen and oxygen atoms in total. The first-order chi connectivity index (χ1) is 9.52. The number of halogens is 4. The van der Waals surface area contributed by atoms with Gasteiger partial charge in [-0.3, -0.25) is 0 Å². The highest BCUT2D eigenvalue weighted by molar-refractivity contribution is 6.33. The molecular formula is C13H10Cl3FN2O. The van der Waals surface area contributed by atoms with Crippen molar-refractivity contribution in [1.82, 2.24) is 4.98 Å². The van der Waals surface area contributed by atoms with Gasteiger partial charge in [0.1, 0.15) is 12.4 Å². The van der Waals surface area contributed by atoms with Gasteiger partial charge in [-0.05, 0) is 24.3 Å². The van der Waals surface area contributed by atoms with Crippen LogP contribution in [0, 0.1) is 5.82 Å². The minimum Gasteiger partial charge on any atom is -0.487 e. The summed E-state index contributed by atoms with van der Waals surface area (Å²) in [7, 11) is 0. The van der Waals surface area contributed by atoms with Gasteiger partial charge in [-0.15, -0.1) is 11.6 Å². The number of hydrogen-bond donors (Lipinski definition) is 1. The summed E-state index contributed by atoms with van der Waals surface area (Å²) >= 11 is 17.4. The van der Waals surface area contributed by atoms with Crippen molar-refractivity contribution in [1.29, 1.82) is 0 Å². The molecule has 0 aliphatic carbocycles. The average Bonchev–Trinajstić information content (AvgIpc) is 2.40. The Kier molecular flexibility index (Phi) is 4.91. The lowest BCUT2D eigenvalue weighted by Gasteiger charge is -2.11. The van der Waals surface area contributed by atoms with Gasteiger partial charge in [0.2, 0.25) is 0 Å². The van der Waals surface area contributed by atoms with Crippen molar-refractivity contribution >= 4 is 40.6 Å². The van der Waals surface area contributed by atoms with E-state index in [0.717, 1.165) is 0 Å². The third-order valence-corrected chi connectivity index (χ3v) is 3.15. The largest absolute Gasteiger partial charge is 0.487 e. The van der Waals surface area contributed by atoms with Crippen LogP contribution < -0.4 is 10.5 Å². The second-order valence-electron chi connectivity index (χ2n) is 3.87. The number of nitrogen functional groups attached to an aromatic ring is 1. The standard InChI is InChI=1S/C13H10Cl3FN2O/c14-3-4-20-12-9(16)6-11(19-13(12)18)8-5-7(15)1-2-10(8)17/h1-2,5-6H,3-4H2,(H2,18,19). The minimum absolute atomic E-state index is 0.0667. The van der Waals surface area contributed by atoms with Gasteiger partial charge in [0.05, 0.1) is 16.6 Å². The molecule has 2 rings (SSSR count). The summed E-state index contributed by atoms with van der Waals surface area (Å²) in [6.45, 7) is 0.248. The van der Waals surface area contributed by atoms with Gasteiger partial charge in [-0.25, -0.2) is 9.37 Å². The van der Waals surface area contributed by atoms with Gasteiger partial charge >= 0.3 is 0 Å². The maximum Gasteiger partial charge on any atom is 0.180 e. The maximum absolute atomic E-state index is 13.8. The summed E-state index contributed by atoms with van der Waals surface area (Å²) in [5.41, 5.74) is 6.27. The highest BCUT2D eigenvalue weighted by Crippen LogP contribution is 2.35. The number of rotatable bonds is 4. The number of aromatic nitrogens is 1. The molecular weight excluding hydrogens is 326 g/mol. The summed E-state index contributed by atoms with van der Waals surface area (Å²) in [6.07, 6.45) is 0. The lowest BCUT2D eigenvalue weighted by Crippen LogP contribution is -2.04. The number of pyridine rings is 1. The van der Waals surface area contributed by atoms with Crippen molar-refractivity contribution in [2.45, 2.75) is 0 Å². The predicted molar refractivity (Wildman–Crippen MR) is 80.3 cm³/mol. The van der Waals surface area contributed by atoms with Gasteiger partial charge in [0.25, 0.3) is 0 Å². The van der Waals surface area contributed by atoms with Crippen LogP contribution in [-0.4, -0.2) is 17.5 Å². The molecule has 1 aromatic carbocycles. The van der Waals surface area contributed by atoms with Crippen molar-refractivity contribution in [3.63, 3.8) is 0 Å². The fourth-order valence-corrected chi connectivity index (χ4v) is 2.14. The average molecular weight is 336 g/mol. The van der Waals surface area contributed by atoms with Crippen LogP contribution in [0.3, 0.4) is 0 Å². The molecule has 0 saturated heterocycles. The number of nitrogens with two attached hydrogens (primary N) is 1. The molecule has 2 N–H and O–H groups in total. The molecule has 0 atom stereocenters. The third kappa shape index (κ3) is 3.26. The molecule has 0 unspecified atom stereocenters. The van der Waals surface area contributed by atoms with E-state index in [4.69, 9.17) is 45.3 Å². The van der Waals surface area contributed by atoms with Crippen LogP contribution in [0.25, 0.3) is 11.3 Å². The maximum atomic E-state index is 13.8. The molecule has 1 aromatic heterocycles. The molecule has 0 radical (unpaired) electrons. The smallest absolute Gasteiger partial charge is 0.180 e. The monoisotopic (exact) mass is 334 g/mol. The SMILES string of the molecule is Nc1nc(-c2cc(Cl)ccc2F)cc(Cl)c1OCCCl. The second-order valence-corrected chi connectivity index (χ2v) is 5.09. The third-order valence-electron chi connectivity index (χ3n) is 2.48. The molecule has 0 aliphatic heterocycles. The molecule has 0 aliphatic rings. The Bertz CT molecular complexity index is 614. The van der Waals surface area contributed by atoms with Crippen molar-refractivity contribution in [2.75, 3.05) is 18.2 Å². The Morgan fingerprint density at radius 1 is 1.25 bits per heavy atom.